The van der Waals surface area contributed by atoms with E-state index in [9.17, 15) is 13.2 Å². The molecule has 0 aliphatic carbocycles. The number of halogens is 3. The summed E-state index contributed by atoms with van der Waals surface area (Å²) in [6.07, 6.45) is -2.14. The summed E-state index contributed by atoms with van der Waals surface area (Å²) in [4.78, 5) is 2.46. The minimum absolute atomic E-state index is 0.397. The van der Waals surface area contributed by atoms with Gasteiger partial charge in [0.05, 0.1) is 0 Å². The van der Waals surface area contributed by atoms with Crippen molar-refractivity contribution in [3.8, 4) is 0 Å². The maximum atomic E-state index is 12.4. The lowest BCUT2D eigenvalue weighted by Gasteiger charge is -2.33. The van der Waals surface area contributed by atoms with Gasteiger partial charge in [0.25, 0.3) is 0 Å². The Hall–Kier alpha value is -1.37. The van der Waals surface area contributed by atoms with E-state index in [-0.39, 0.29) is 0 Å². The van der Waals surface area contributed by atoms with Crippen molar-refractivity contribution in [2.24, 2.45) is 11.8 Å². The predicted octanol–water partition coefficient (Wildman–Crippen LogP) is 3.28. The van der Waals surface area contributed by atoms with Gasteiger partial charge in [0.1, 0.15) is 5.82 Å². The zero-order chi connectivity index (χ0) is 16.2. The van der Waals surface area contributed by atoms with Crippen molar-refractivity contribution in [3.05, 3.63) is 17.8 Å². The molecule has 1 atom stereocenters. The largest absolute Gasteiger partial charge is 0.435 e. The van der Waals surface area contributed by atoms with Crippen molar-refractivity contribution < 1.29 is 13.2 Å². The molecule has 1 saturated heterocycles. The molecule has 2 heterocycles. The van der Waals surface area contributed by atoms with Crippen molar-refractivity contribution in [1.82, 2.24) is 15.1 Å². The quantitative estimate of drug-likeness (QED) is 0.905. The van der Waals surface area contributed by atoms with Crippen LogP contribution in [0.25, 0.3) is 0 Å². The Morgan fingerprint density at radius 2 is 2.09 bits per heavy atom. The van der Waals surface area contributed by atoms with Gasteiger partial charge in [-0.15, -0.1) is 10.2 Å². The molecular formula is C15H23F3N4. The topological polar surface area (TPSA) is 41.0 Å². The van der Waals surface area contributed by atoms with Gasteiger partial charge in [-0.3, -0.25) is 0 Å². The van der Waals surface area contributed by atoms with Crippen molar-refractivity contribution >= 4 is 5.82 Å². The number of likely N-dealkylation sites (tertiary alicyclic amines) is 1. The van der Waals surface area contributed by atoms with Gasteiger partial charge in [0.2, 0.25) is 0 Å². The molecule has 1 N–H and O–H groups in total. The molecule has 0 spiro atoms. The summed E-state index contributed by atoms with van der Waals surface area (Å²) in [6, 6.07) is 2.30. The summed E-state index contributed by atoms with van der Waals surface area (Å²) in [6.45, 7) is 8.39. The average molecular weight is 316 g/mol. The molecular weight excluding hydrogens is 293 g/mol. The van der Waals surface area contributed by atoms with Gasteiger partial charge < -0.3 is 10.2 Å². The van der Waals surface area contributed by atoms with Crippen LogP contribution in [0.1, 0.15) is 32.4 Å². The number of nitrogens with one attached hydrogen (secondary N) is 1. The smallest absolute Gasteiger partial charge is 0.368 e. The van der Waals surface area contributed by atoms with Crippen LogP contribution >= 0.6 is 0 Å². The third kappa shape index (κ3) is 5.12. The van der Waals surface area contributed by atoms with Crippen molar-refractivity contribution in [2.75, 3.05) is 31.5 Å². The summed E-state index contributed by atoms with van der Waals surface area (Å²) in [5.74, 6) is 1.54. The van der Waals surface area contributed by atoms with Crippen LogP contribution in [0.4, 0.5) is 19.0 Å². The Morgan fingerprint density at radius 3 is 2.68 bits per heavy atom. The number of nitrogens with zero attached hydrogens (tertiary/aromatic N) is 3. The van der Waals surface area contributed by atoms with E-state index < -0.39 is 11.9 Å². The van der Waals surface area contributed by atoms with Gasteiger partial charge >= 0.3 is 6.18 Å². The highest BCUT2D eigenvalue weighted by atomic mass is 19.4. The van der Waals surface area contributed by atoms with E-state index in [1.807, 2.05) is 0 Å². The number of rotatable bonds is 5. The SMILES string of the molecule is CC(C)CN1CCCC(CNc2ccc(C(F)(F)F)nn2)C1. The molecule has 0 amide bonds. The van der Waals surface area contributed by atoms with E-state index in [0.717, 1.165) is 38.5 Å². The number of alkyl halides is 3. The summed E-state index contributed by atoms with van der Waals surface area (Å²) < 4.78 is 37.2. The van der Waals surface area contributed by atoms with Crippen LogP contribution in [0.5, 0.6) is 0 Å². The Kier molecular flexibility index (Phi) is 5.61. The molecule has 1 aliphatic rings. The van der Waals surface area contributed by atoms with Crippen LogP contribution < -0.4 is 5.32 Å². The van der Waals surface area contributed by atoms with Gasteiger partial charge in [-0.2, -0.15) is 13.2 Å². The maximum absolute atomic E-state index is 12.4. The zero-order valence-electron chi connectivity index (χ0n) is 13.0. The second-order valence-electron chi connectivity index (χ2n) is 6.34. The third-order valence-corrected chi connectivity index (χ3v) is 3.75. The van der Waals surface area contributed by atoms with Crippen LogP contribution in [0.3, 0.4) is 0 Å². The Balaban J connectivity index is 1.82. The van der Waals surface area contributed by atoms with Crippen LogP contribution in [0.2, 0.25) is 0 Å². The van der Waals surface area contributed by atoms with Gasteiger partial charge in [-0.25, -0.2) is 0 Å². The highest BCUT2D eigenvalue weighted by molar-refractivity contribution is 5.33. The molecule has 4 nitrogen and oxygen atoms in total. The Labute approximate surface area is 129 Å². The zero-order valence-corrected chi connectivity index (χ0v) is 13.0. The molecule has 0 bridgehead atoms. The first-order valence-corrected chi connectivity index (χ1v) is 7.71. The molecule has 2 rings (SSSR count). The Morgan fingerprint density at radius 1 is 1.32 bits per heavy atom. The first kappa shape index (κ1) is 17.0. The number of hydrogen-bond donors (Lipinski definition) is 1. The van der Waals surface area contributed by atoms with E-state index in [4.69, 9.17) is 0 Å². The Bertz CT molecular complexity index is 459. The fraction of sp³-hybridized carbons (Fsp3) is 0.733. The van der Waals surface area contributed by atoms with Crippen molar-refractivity contribution in [2.45, 2.75) is 32.9 Å². The molecule has 0 radical (unpaired) electrons. The van der Waals surface area contributed by atoms with Gasteiger partial charge in [0, 0.05) is 19.6 Å². The number of hydrogen-bond acceptors (Lipinski definition) is 4. The summed E-state index contributed by atoms with van der Waals surface area (Å²) in [5, 5.41) is 9.92. The van der Waals surface area contributed by atoms with E-state index >= 15 is 0 Å². The molecule has 7 heteroatoms. The summed E-state index contributed by atoms with van der Waals surface area (Å²) >= 11 is 0. The molecule has 1 aromatic heterocycles. The van der Waals surface area contributed by atoms with Gasteiger partial charge in [0.15, 0.2) is 5.69 Å². The van der Waals surface area contributed by atoms with Crippen LogP contribution in [-0.2, 0) is 6.18 Å². The summed E-state index contributed by atoms with van der Waals surface area (Å²) in [5.41, 5.74) is -0.959. The van der Waals surface area contributed by atoms with Gasteiger partial charge in [-0.05, 0) is 43.4 Å². The highest BCUT2D eigenvalue weighted by Crippen LogP contribution is 2.27. The lowest BCUT2D eigenvalue weighted by Crippen LogP contribution is -2.39. The molecule has 1 unspecified atom stereocenters. The van der Waals surface area contributed by atoms with Crippen LogP contribution in [0, 0.1) is 11.8 Å². The lowest BCUT2D eigenvalue weighted by atomic mass is 9.97. The molecule has 1 fully saturated rings. The van der Waals surface area contributed by atoms with E-state index in [1.165, 1.54) is 6.07 Å². The lowest BCUT2D eigenvalue weighted by molar-refractivity contribution is -0.141. The fourth-order valence-corrected chi connectivity index (χ4v) is 2.83. The average Bonchev–Trinajstić information content (AvgIpc) is 2.44. The highest BCUT2D eigenvalue weighted by Gasteiger charge is 2.32. The molecule has 0 aromatic carbocycles. The minimum atomic E-state index is -4.44. The van der Waals surface area contributed by atoms with Crippen molar-refractivity contribution in [3.63, 3.8) is 0 Å². The predicted molar refractivity (Wildman–Crippen MR) is 79.5 cm³/mol. The maximum Gasteiger partial charge on any atom is 0.435 e. The molecule has 1 aromatic rings. The second kappa shape index (κ2) is 7.26. The first-order chi connectivity index (χ1) is 10.3. The van der Waals surface area contributed by atoms with Crippen LogP contribution in [0.15, 0.2) is 12.1 Å². The van der Waals surface area contributed by atoms with E-state index in [1.54, 1.807) is 0 Å². The first-order valence-electron chi connectivity index (χ1n) is 7.71. The number of piperidine rings is 1. The summed E-state index contributed by atoms with van der Waals surface area (Å²) in [7, 11) is 0. The van der Waals surface area contributed by atoms with E-state index in [0.29, 0.717) is 24.2 Å². The normalized spacial score (nSPS) is 20.4. The third-order valence-electron chi connectivity index (χ3n) is 3.75. The standard InChI is InChI=1S/C15H23F3N4/c1-11(2)9-22-7-3-4-12(10-22)8-19-14-6-5-13(20-21-14)15(16,17)18/h5-6,11-12H,3-4,7-10H2,1-2H3,(H,19,21). The fourth-order valence-electron chi connectivity index (χ4n) is 2.83. The minimum Gasteiger partial charge on any atom is -0.368 e. The molecule has 124 valence electrons. The monoisotopic (exact) mass is 316 g/mol. The number of anilines is 1. The van der Waals surface area contributed by atoms with Crippen molar-refractivity contribution in [1.29, 1.82) is 0 Å². The second-order valence-corrected chi connectivity index (χ2v) is 6.34. The molecule has 1 aliphatic heterocycles. The van der Waals surface area contributed by atoms with Gasteiger partial charge in [-0.1, -0.05) is 13.8 Å². The van der Waals surface area contributed by atoms with E-state index in [2.05, 4.69) is 34.3 Å². The molecule has 22 heavy (non-hydrogen) atoms. The van der Waals surface area contributed by atoms with Crippen LogP contribution in [-0.4, -0.2) is 41.3 Å². The number of aromatic nitrogens is 2. The molecule has 0 saturated carbocycles.